The number of hydrazone groups is 1. The topological polar surface area (TPSA) is 24.4 Å². The summed E-state index contributed by atoms with van der Waals surface area (Å²) in [6.45, 7) is 0. The molecule has 1 aliphatic carbocycles. The van der Waals surface area contributed by atoms with Gasteiger partial charge in [-0.3, -0.25) is 5.43 Å². The molecule has 0 atom stereocenters. The highest BCUT2D eigenvalue weighted by atomic mass is 35.5. The van der Waals surface area contributed by atoms with Gasteiger partial charge in [0.15, 0.2) is 0 Å². The number of anilines is 1. The van der Waals surface area contributed by atoms with Crippen LogP contribution < -0.4 is 5.43 Å². The second-order valence-electron chi connectivity index (χ2n) is 4.45. The molecular weight excluding hydrogens is 291 g/mol. The molecule has 1 N–H and O–H groups in total. The first kappa shape index (κ1) is 14.0. The number of hydrogen-bond donors (Lipinski definition) is 1. The van der Waals surface area contributed by atoms with Crippen molar-refractivity contribution in [2.24, 2.45) is 5.10 Å². The van der Waals surface area contributed by atoms with Crippen molar-refractivity contribution in [2.45, 2.75) is 38.5 Å². The average molecular weight is 306 g/mol. The standard InChI is InChI=1S/C13H15Cl3N2/c14-9-7-11(15)13(12(16)8-9)18-17-10-5-3-1-2-4-6-10/h7-8,18H,1-6H2. The second kappa shape index (κ2) is 6.65. The third kappa shape index (κ3) is 3.78. The van der Waals surface area contributed by atoms with Crippen molar-refractivity contribution in [3.05, 3.63) is 27.2 Å². The van der Waals surface area contributed by atoms with Gasteiger partial charge in [-0.15, -0.1) is 0 Å². The highest BCUT2D eigenvalue weighted by Crippen LogP contribution is 2.33. The fourth-order valence-electron chi connectivity index (χ4n) is 2.03. The zero-order valence-electron chi connectivity index (χ0n) is 9.98. The summed E-state index contributed by atoms with van der Waals surface area (Å²) in [5.41, 5.74) is 4.79. The maximum Gasteiger partial charge on any atom is 0.0935 e. The molecule has 0 saturated heterocycles. The smallest absolute Gasteiger partial charge is 0.0935 e. The third-order valence-corrected chi connectivity index (χ3v) is 3.83. The molecular formula is C13H15Cl3N2. The van der Waals surface area contributed by atoms with Gasteiger partial charge < -0.3 is 0 Å². The Morgan fingerprint density at radius 2 is 1.44 bits per heavy atom. The van der Waals surface area contributed by atoms with Crippen LogP contribution in [0, 0.1) is 0 Å². The fourth-order valence-corrected chi connectivity index (χ4v) is 2.93. The van der Waals surface area contributed by atoms with E-state index >= 15 is 0 Å². The minimum Gasteiger partial charge on any atom is -0.276 e. The summed E-state index contributed by atoms with van der Waals surface area (Å²) in [4.78, 5) is 0. The Labute approximate surface area is 122 Å². The predicted molar refractivity (Wildman–Crippen MR) is 80.2 cm³/mol. The summed E-state index contributed by atoms with van der Waals surface area (Å²) in [6.07, 6.45) is 7.11. The molecule has 2 rings (SSSR count). The summed E-state index contributed by atoms with van der Waals surface area (Å²) >= 11 is 18.0. The number of nitrogens with zero attached hydrogens (tertiary/aromatic N) is 1. The number of rotatable bonds is 2. The van der Waals surface area contributed by atoms with Crippen molar-refractivity contribution >= 4 is 46.2 Å². The van der Waals surface area contributed by atoms with Crippen molar-refractivity contribution in [1.29, 1.82) is 0 Å². The Hall–Kier alpha value is -0.440. The number of halogens is 3. The van der Waals surface area contributed by atoms with Crippen molar-refractivity contribution in [3.63, 3.8) is 0 Å². The quantitative estimate of drug-likeness (QED) is 0.544. The van der Waals surface area contributed by atoms with E-state index in [0.717, 1.165) is 12.8 Å². The van der Waals surface area contributed by atoms with Crippen molar-refractivity contribution in [3.8, 4) is 0 Å². The number of benzene rings is 1. The van der Waals surface area contributed by atoms with Crippen LogP contribution in [-0.4, -0.2) is 5.71 Å². The van der Waals surface area contributed by atoms with Crippen LogP contribution in [0.2, 0.25) is 15.1 Å². The van der Waals surface area contributed by atoms with E-state index in [-0.39, 0.29) is 0 Å². The van der Waals surface area contributed by atoms with Crippen LogP contribution in [0.3, 0.4) is 0 Å². The molecule has 0 amide bonds. The van der Waals surface area contributed by atoms with Crippen LogP contribution in [0.15, 0.2) is 17.2 Å². The first-order valence-corrected chi connectivity index (χ1v) is 7.26. The molecule has 0 unspecified atom stereocenters. The highest BCUT2D eigenvalue weighted by Gasteiger charge is 2.09. The molecule has 5 heteroatoms. The molecule has 1 aromatic carbocycles. The second-order valence-corrected chi connectivity index (χ2v) is 5.70. The number of hydrogen-bond acceptors (Lipinski definition) is 2. The number of nitrogens with one attached hydrogen (secondary N) is 1. The molecule has 1 aromatic rings. The minimum atomic E-state index is 0.491. The lowest BCUT2D eigenvalue weighted by molar-refractivity contribution is 0.702. The Morgan fingerprint density at radius 1 is 0.889 bits per heavy atom. The Balaban J connectivity index is 2.11. The van der Waals surface area contributed by atoms with E-state index in [1.807, 2.05) is 0 Å². The van der Waals surface area contributed by atoms with Crippen LogP contribution in [0.25, 0.3) is 0 Å². The molecule has 18 heavy (non-hydrogen) atoms. The van der Waals surface area contributed by atoms with Crippen molar-refractivity contribution in [1.82, 2.24) is 0 Å². The van der Waals surface area contributed by atoms with Gasteiger partial charge in [-0.2, -0.15) is 5.10 Å². The van der Waals surface area contributed by atoms with E-state index in [4.69, 9.17) is 34.8 Å². The minimum absolute atomic E-state index is 0.491. The molecule has 1 saturated carbocycles. The van der Waals surface area contributed by atoms with Gasteiger partial charge >= 0.3 is 0 Å². The van der Waals surface area contributed by atoms with Crippen LogP contribution in [-0.2, 0) is 0 Å². The van der Waals surface area contributed by atoms with Gasteiger partial charge in [0.25, 0.3) is 0 Å². The molecule has 0 aromatic heterocycles. The summed E-state index contributed by atoms with van der Waals surface area (Å²) in [7, 11) is 0. The first-order valence-electron chi connectivity index (χ1n) is 6.13. The van der Waals surface area contributed by atoms with Gasteiger partial charge in [0.2, 0.25) is 0 Å². The first-order chi connectivity index (χ1) is 8.66. The summed E-state index contributed by atoms with van der Waals surface area (Å²) in [5.74, 6) is 0. The van der Waals surface area contributed by atoms with Crippen LogP contribution in [0.5, 0.6) is 0 Å². The monoisotopic (exact) mass is 304 g/mol. The van der Waals surface area contributed by atoms with E-state index < -0.39 is 0 Å². The zero-order chi connectivity index (χ0) is 13.0. The summed E-state index contributed by atoms with van der Waals surface area (Å²) < 4.78 is 0. The van der Waals surface area contributed by atoms with E-state index in [1.165, 1.54) is 31.4 Å². The largest absolute Gasteiger partial charge is 0.276 e. The van der Waals surface area contributed by atoms with Crippen molar-refractivity contribution < 1.29 is 0 Å². The SMILES string of the molecule is Clc1cc(Cl)c(NN=C2CCCCCC2)c(Cl)c1. The van der Waals surface area contributed by atoms with Gasteiger partial charge in [0.1, 0.15) is 0 Å². The Kier molecular flexibility index (Phi) is 5.16. The van der Waals surface area contributed by atoms with Crippen LogP contribution in [0.4, 0.5) is 5.69 Å². The molecule has 2 nitrogen and oxygen atoms in total. The highest BCUT2D eigenvalue weighted by molar-refractivity contribution is 6.41. The summed E-state index contributed by atoms with van der Waals surface area (Å²) in [6, 6.07) is 3.31. The van der Waals surface area contributed by atoms with Crippen molar-refractivity contribution in [2.75, 3.05) is 5.43 Å². The Bertz CT molecular complexity index is 425. The third-order valence-electron chi connectivity index (χ3n) is 3.01. The fraction of sp³-hybridized carbons (Fsp3) is 0.462. The van der Waals surface area contributed by atoms with Crippen LogP contribution >= 0.6 is 34.8 Å². The normalized spacial score (nSPS) is 16.3. The predicted octanol–water partition coefficient (Wildman–Crippen LogP) is 5.77. The molecule has 1 aliphatic rings. The van der Waals surface area contributed by atoms with E-state index in [9.17, 15) is 0 Å². The van der Waals surface area contributed by atoms with E-state index in [0.29, 0.717) is 20.8 Å². The molecule has 0 heterocycles. The van der Waals surface area contributed by atoms with Gasteiger partial charge in [0, 0.05) is 10.7 Å². The molecule has 0 bridgehead atoms. The Morgan fingerprint density at radius 3 is 2.00 bits per heavy atom. The molecule has 0 aliphatic heterocycles. The van der Waals surface area contributed by atoms with Gasteiger partial charge in [-0.1, -0.05) is 47.6 Å². The van der Waals surface area contributed by atoms with Crippen LogP contribution in [0.1, 0.15) is 38.5 Å². The molecule has 1 fully saturated rings. The van der Waals surface area contributed by atoms with Gasteiger partial charge in [0.05, 0.1) is 15.7 Å². The molecule has 0 radical (unpaired) electrons. The lowest BCUT2D eigenvalue weighted by Crippen LogP contribution is -2.01. The maximum absolute atomic E-state index is 6.08. The summed E-state index contributed by atoms with van der Waals surface area (Å²) in [5, 5.41) is 5.93. The maximum atomic E-state index is 6.08. The van der Waals surface area contributed by atoms with Gasteiger partial charge in [-0.25, -0.2) is 0 Å². The van der Waals surface area contributed by atoms with Gasteiger partial charge in [-0.05, 0) is 37.8 Å². The molecule has 98 valence electrons. The lowest BCUT2D eigenvalue weighted by atomic mass is 10.2. The zero-order valence-corrected chi connectivity index (χ0v) is 12.2. The van der Waals surface area contributed by atoms with E-state index in [2.05, 4.69) is 10.5 Å². The van der Waals surface area contributed by atoms with E-state index in [1.54, 1.807) is 12.1 Å². The lowest BCUT2D eigenvalue weighted by Gasteiger charge is -2.08. The molecule has 0 spiro atoms. The average Bonchev–Trinajstić information content (AvgIpc) is 2.56.